The van der Waals surface area contributed by atoms with E-state index in [0.29, 0.717) is 0 Å². The van der Waals surface area contributed by atoms with Crippen molar-refractivity contribution in [3.05, 3.63) is 84.4 Å². The molecule has 0 atom stereocenters. The zero-order valence-electron chi connectivity index (χ0n) is 14.4. The Hall–Kier alpha value is -1.64. The summed E-state index contributed by atoms with van der Waals surface area (Å²) >= 11 is 3.07. The minimum Gasteiger partial charge on any atom is -0.0901 e. The Balaban J connectivity index is 1.66. The normalized spacial score (nSPS) is 11.5. The van der Waals surface area contributed by atoms with E-state index in [1.807, 2.05) is 0 Å². The Morgan fingerprint density at radius 2 is 1.12 bits per heavy atom. The molecule has 0 unspecified atom stereocenters. The van der Waals surface area contributed by atoms with Crippen LogP contribution in [0.15, 0.2) is 98.4 Å². The molecule has 0 bridgehead atoms. The largest absolute Gasteiger partial charge is 0.158 e. The average Bonchev–Trinajstić information content (AvgIpc) is 2.57. The van der Waals surface area contributed by atoms with Crippen LogP contribution >= 0.6 is 11.8 Å². The lowest BCUT2D eigenvalue weighted by Gasteiger charge is -2.18. The highest BCUT2D eigenvalue weighted by molar-refractivity contribution is 7.99. The Morgan fingerprint density at radius 3 is 1.67 bits per heavy atom. The Kier molecular flexibility index (Phi) is 5.37. The molecule has 122 valence electrons. The summed E-state index contributed by atoms with van der Waals surface area (Å²) < 4.78 is 0. The molecule has 0 aromatic heterocycles. The summed E-state index contributed by atoms with van der Waals surface area (Å²) in [5.74, 6) is 0. The first-order valence-electron chi connectivity index (χ1n) is 8.16. The van der Waals surface area contributed by atoms with E-state index < -0.39 is 0 Å². The zero-order chi connectivity index (χ0) is 17.0. The highest BCUT2D eigenvalue weighted by Crippen LogP contribution is 2.28. The zero-order valence-corrected chi connectivity index (χ0v) is 16.1. The van der Waals surface area contributed by atoms with Crippen molar-refractivity contribution in [1.82, 2.24) is 0 Å². The summed E-state index contributed by atoms with van der Waals surface area (Å²) in [7, 11) is 0. The van der Waals surface area contributed by atoms with E-state index in [-0.39, 0.29) is 5.41 Å². The van der Waals surface area contributed by atoms with Crippen molar-refractivity contribution in [2.24, 2.45) is 0 Å². The first-order valence-corrected chi connectivity index (χ1v) is 9.87. The number of benzene rings is 3. The van der Waals surface area contributed by atoms with Gasteiger partial charge in [-0.15, -0.1) is 0 Å². The Morgan fingerprint density at radius 1 is 0.625 bits per heavy atom. The van der Waals surface area contributed by atoms with Gasteiger partial charge in [-0.25, -0.2) is 0 Å². The second-order valence-electron chi connectivity index (χ2n) is 6.82. The van der Waals surface area contributed by atoms with Crippen LogP contribution < -0.4 is 0 Å². The van der Waals surface area contributed by atoms with Crippen LogP contribution in [0.2, 0.25) is 0 Å². The maximum Gasteiger partial charge on any atom is 0.158 e. The molecule has 0 heterocycles. The molecule has 3 aromatic rings. The van der Waals surface area contributed by atoms with Gasteiger partial charge in [0.2, 0.25) is 0 Å². The lowest BCUT2D eigenvalue weighted by Crippen LogP contribution is -2.10. The molecule has 0 aliphatic rings. The average molecular weight is 352 g/mol. The van der Waals surface area contributed by atoms with Gasteiger partial charge in [0.05, 0.1) is 0 Å². The maximum atomic E-state index is 2.25. The summed E-state index contributed by atoms with van der Waals surface area (Å²) in [6.45, 7) is 6.76. The van der Waals surface area contributed by atoms with Crippen LogP contribution in [0.25, 0.3) is 0 Å². The smallest absolute Gasteiger partial charge is 0.0901 e. The summed E-state index contributed by atoms with van der Waals surface area (Å²) in [6, 6.07) is 28.4. The van der Waals surface area contributed by atoms with Gasteiger partial charge in [0.1, 0.15) is 0 Å². The predicted molar refractivity (Wildman–Crippen MR) is 107 cm³/mol. The van der Waals surface area contributed by atoms with Crippen molar-refractivity contribution < 1.29 is 0 Å². The van der Waals surface area contributed by atoms with Crippen LogP contribution in [0.3, 0.4) is 0 Å². The van der Waals surface area contributed by atoms with Crippen LogP contribution in [-0.4, -0.2) is 0 Å². The van der Waals surface area contributed by atoms with E-state index in [0.717, 1.165) is 0 Å². The topological polar surface area (TPSA) is 0 Å². The number of rotatable bonds is 4. The highest BCUT2D eigenvalue weighted by atomic mass is 32.2. The molecule has 0 aliphatic heterocycles. The molecule has 0 saturated carbocycles. The third kappa shape index (κ3) is 4.68. The molecular weight excluding hydrogens is 328 g/mol. The standard InChI is InChI=1S/C22H22S2/c1-22(2,3)17-9-11-19(12-10-17)24-21-15-13-20(14-16-21)23-18-7-5-4-6-8-18/h4-16H,1-3H3/p+1. The molecule has 3 rings (SSSR count). The second kappa shape index (κ2) is 7.50. The molecule has 2 heteroatoms. The number of thiol groups is 1. The lowest BCUT2D eigenvalue weighted by molar-refractivity contribution is 0.590. The Bertz CT molecular complexity index is 767. The maximum absolute atomic E-state index is 2.25. The summed E-state index contributed by atoms with van der Waals surface area (Å²) in [5, 5.41) is 0. The molecule has 3 aromatic carbocycles. The molecule has 0 amide bonds. The van der Waals surface area contributed by atoms with E-state index in [4.69, 9.17) is 0 Å². The van der Waals surface area contributed by atoms with Gasteiger partial charge in [-0.3, -0.25) is 0 Å². The molecule has 0 spiro atoms. The van der Waals surface area contributed by atoms with Crippen LogP contribution in [0.1, 0.15) is 26.3 Å². The highest BCUT2D eigenvalue weighted by Gasteiger charge is 2.14. The van der Waals surface area contributed by atoms with Crippen LogP contribution in [0.5, 0.6) is 0 Å². The molecule has 0 nitrogen and oxygen atoms in total. The molecular formula is C22H23S2+. The van der Waals surface area contributed by atoms with Crippen molar-refractivity contribution in [3.63, 3.8) is 0 Å². The van der Waals surface area contributed by atoms with Crippen molar-refractivity contribution in [2.75, 3.05) is 0 Å². The van der Waals surface area contributed by atoms with Gasteiger partial charge in [0.25, 0.3) is 0 Å². The van der Waals surface area contributed by atoms with Gasteiger partial charge >= 0.3 is 0 Å². The van der Waals surface area contributed by atoms with Crippen molar-refractivity contribution in [2.45, 2.75) is 45.8 Å². The van der Waals surface area contributed by atoms with Crippen molar-refractivity contribution in [3.8, 4) is 0 Å². The van der Waals surface area contributed by atoms with E-state index >= 15 is 0 Å². The molecule has 0 N–H and O–H groups in total. The van der Waals surface area contributed by atoms with Gasteiger partial charge in [-0.05, 0) is 59.5 Å². The van der Waals surface area contributed by atoms with E-state index in [9.17, 15) is 0 Å². The molecule has 24 heavy (non-hydrogen) atoms. The molecule has 0 saturated heterocycles. The van der Waals surface area contributed by atoms with Gasteiger partial charge in [0.15, 0.2) is 9.79 Å². The van der Waals surface area contributed by atoms with Crippen molar-refractivity contribution >= 4 is 23.5 Å². The predicted octanol–water partition coefficient (Wildman–Crippen LogP) is 6.37. The number of hydrogen-bond acceptors (Lipinski definition) is 1. The first-order chi connectivity index (χ1) is 11.5. The first kappa shape index (κ1) is 17.2. The fourth-order valence-electron chi connectivity index (χ4n) is 2.40. The van der Waals surface area contributed by atoms with Gasteiger partial charge in [0, 0.05) is 21.6 Å². The molecule has 0 aliphatic carbocycles. The second-order valence-corrected chi connectivity index (χ2v) is 9.22. The summed E-state index contributed by atoms with van der Waals surface area (Å²) in [6.07, 6.45) is 0. The summed E-state index contributed by atoms with van der Waals surface area (Å²) in [4.78, 5) is 5.23. The lowest BCUT2D eigenvalue weighted by atomic mass is 9.87. The molecule has 0 radical (unpaired) electrons. The van der Waals surface area contributed by atoms with E-state index in [2.05, 4.69) is 99.6 Å². The third-order valence-corrected chi connectivity index (χ3v) is 5.94. The number of hydrogen-bond donors (Lipinski definition) is 0. The van der Waals surface area contributed by atoms with Crippen LogP contribution in [0, 0.1) is 0 Å². The monoisotopic (exact) mass is 351 g/mol. The van der Waals surface area contributed by atoms with E-state index in [1.54, 1.807) is 11.8 Å². The fraction of sp³-hybridized carbons (Fsp3) is 0.182. The van der Waals surface area contributed by atoms with Crippen LogP contribution in [-0.2, 0) is 17.2 Å². The summed E-state index contributed by atoms with van der Waals surface area (Å²) in [5.41, 5.74) is 1.60. The minimum absolute atomic E-state index is 0.214. The fourth-order valence-corrected chi connectivity index (χ4v) is 4.13. The minimum atomic E-state index is 0.214. The third-order valence-electron chi connectivity index (χ3n) is 3.81. The SMILES string of the molecule is CC(C)(C)c1ccc([SH+]c2ccc(Sc3ccccc3)cc2)cc1. The quantitative estimate of drug-likeness (QED) is 0.389. The van der Waals surface area contributed by atoms with Crippen LogP contribution in [0.4, 0.5) is 0 Å². The molecule has 0 fully saturated rings. The van der Waals surface area contributed by atoms with Gasteiger partial charge in [-0.2, -0.15) is 0 Å². The Labute approximate surface area is 153 Å². The van der Waals surface area contributed by atoms with E-state index in [1.165, 1.54) is 36.9 Å². The van der Waals surface area contributed by atoms with Gasteiger partial charge in [-0.1, -0.05) is 62.9 Å². The van der Waals surface area contributed by atoms with Gasteiger partial charge < -0.3 is 0 Å². The van der Waals surface area contributed by atoms with Crippen molar-refractivity contribution in [1.29, 1.82) is 0 Å².